The van der Waals surface area contributed by atoms with E-state index in [1.165, 1.54) is 0 Å². The molecule has 11 heteroatoms. The summed E-state index contributed by atoms with van der Waals surface area (Å²) in [6.07, 6.45) is -3.53. The van der Waals surface area contributed by atoms with Gasteiger partial charge in [0.2, 0.25) is 5.91 Å². The molecule has 1 aromatic heterocycles. The number of nitrogens with zero attached hydrogens (tertiary/aromatic N) is 1. The van der Waals surface area contributed by atoms with Gasteiger partial charge in [-0.05, 0) is 12.5 Å². The van der Waals surface area contributed by atoms with Gasteiger partial charge in [-0.25, -0.2) is 13.4 Å². The molecule has 0 spiro atoms. The van der Waals surface area contributed by atoms with Crippen LogP contribution < -0.4 is 5.32 Å². The van der Waals surface area contributed by atoms with Crippen LogP contribution in [0.5, 0.6) is 0 Å². The number of carbonyl (C=O) groups is 1. The van der Waals surface area contributed by atoms with Gasteiger partial charge in [0.05, 0.1) is 27.8 Å². The number of pyridine rings is 1. The first-order valence-corrected chi connectivity index (χ1v) is 9.61. The summed E-state index contributed by atoms with van der Waals surface area (Å²) in [5, 5.41) is 2.48. The highest BCUT2D eigenvalue weighted by molar-refractivity contribution is 8.00. The quantitative estimate of drug-likeness (QED) is 0.800. The number of rotatable bonds is 4. The normalized spacial score (nSPS) is 20.4. The molecular formula is C12H12ClF3N2O3S2. The molecule has 5 nitrogen and oxygen atoms in total. The van der Waals surface area contributed by atoms with E-state index in [4.69, 9.17) is 11.6 Å². The second-order valence-electron chi connectivity index (χ2n) is 4.96. The Morgan fingerprint density at radius 3 is 2.70 bits per heavy atom. The van der Waals surface area contributed by atoms with Gasteiger partial charge < -0.3 is 5.32 Å². The van der Waals surface area contributed by atoms with Crippen LogP contribution in [0.3, 0.4) is 0 Å². The van der Waals surface area contributed by atoms with Crippen LogP contribution >= 0.6 is 23.4 Å². The first-order chi connectivity index (χ1) is 10.6. The monoisotopic (exact) mass is 388 g/mol. The molecule has 128 valence electrons. The second-order valence-corrected chi connectivity index (χ2v) is 8.56. The number of hydrogen-bond donors (Lipinski definition) is 1. The Kier molecular flexibility index (Phi) is 5.47. The van der Waals surface area contributed by atoms with Gasteiger partial charge in [-0.1, -0.05) is 23.4 Å². The van der Waals surface area contributed by atoms with Crippen molar-refractivity contribution in [3.8, 4) is 0 Å². The molecular weight excluding hydrogens is 377 g/mol. The number of hydrogen-bond acceptors (Lipinski definition) is 5. The molecule has 2 rings (SSSR count). The zero-order valence-electron chi connectivity index (χ0n) is 11.6. The Labute approximate surface area is 139 Å². The van der Waals surface area contributed by atoms with Crippen LogP contribution in [0.25, 0.3) is 0 Å². The predicted molar refractivity (Wildman–Crippen MR) is 80.2 cm³/mol. The lowest BCUT2D eigenvalue weighted by molar-refractivity contribution is -0.137. The summed E-state index contributed by atoms with van der Waals surface area (Å²) < 4.78 is 60.0. The Morgan fingerprint density at radius 2 is 2.17 bits per heavy atom. The van der Waals surface area contributed by atoms with Crippen LogP contribution in [0.15, 0.2) is 17.3 Å². The smallest absolute Gasteiger partial charge is 0.352 e. The summed E-state index contributed by atoms with van der Waals surface area (Å²) in [6, 6.07) is 0.322. The summed E-state index contributed by atoms with van der Waals surface area (Å²) in [4.78, 5) is 15.3. The summed E-state index contributed by atoms with van der Waals surface area (Å²) in [6.45, 7) is 0. The van der Waals surface area contributed by atoms with Crippen molar-refractivity contribution < 1.29 is 26.4 Å². The minimum atomic E-state index is -4.54. The van der Waals surface area contributed by atoms with Gasteiger partial charge in [0.15, 0.2) is 9.84 Å². The van der Waals surface area contributed by atoms with E-state index in [9.17, 15) is 26.4 Å². The number of amides is 1. The van der Waals surface area contributed by atoms with E-state index in [1.54, 1.807) is 0 Å². The van der Waals surface area contributed by atoms with Gasteiger partial charge in [-0.2, -0.15) is 13.2 Å². The molecule has 23 heavy (non-hydrogen) atoms. The van der Waals surface area contributed by atoms with Crippen molar-refractivity contribution in [2.45, 2.75) is 23.7 Å². The fourth-order valence-corrected chi connectivity index (χ4v) is 4.68. The zero-order chi connectivity index (χ0) is 17.3. The van der Waals surface area contributed by atoms with Crippen molar-refractivity contribution in [3.63, 3.8) is 0 Å². The maximum Gasteiger partial charge on any atom is 0.417 e. The third-order valence-electron chi connectivity index (χ3n) is 3.07. The molecule has 1 aliphatic heterocycles. The Bertz CT molecular complexity index is 710. The summed E-state index contributed by atoms with van der Waals surface area (Å²) in [5.74, 6) is -0.593. The van der Waals surface area contributed by atoms with Crippen molar-refractivity contribution >= 4 is 39.1 Å². The van der Waals surface area contributed by atoms with E-state index >= 15 is 0 Å². The first kappa shape index (κ1) is 18.3. The van der Waals surface area contributed by atoms with Crippen LogP contribution in [0, 0.1) is 0 Å². The molecule has 1 atom stereocenters. The van der Waals surface area contributed by atoms with Crippen molar-refractivity contribution in [3.05, 3.63) is 22.8 Å². The Balaban J connectivity index is 1.90. The van der Waals surface area contributed by atoms with E-state index in [1.807, 2.05) is 0 Å². The lowest BCUT2D eigenvalue weighted by Gasteiger charge is -2.11. The third-order valence-corrected chi connectivity index (χ3v) is 6.25. The summed E-state index contributed by atoms with van der Waals surface area (Å²) >= 11 is 6.62. The number of carbonyl (C=O) groups excluding carboxylic acids is 1. The van der Waals surface area contributed by atoms with Gasteiger partial charge in [0.1, 0.15) is 5.03 Å². The predicted octanol–water partition coefficient (Wildman–Crippen LogP) is 2.15. The average molecular weight is 389 g/mol. The van der Waals surface area contributed by atoms with Gasteiger partial charge in [-0.3, -0.25) is 4.79 Å². The van der Waals surface area contributed by atoms with Gasteiger partial charge in [0.25, 0.3) is 0 Å². The number of nitrogens with one attached hydrogen (secondary N) is 1. The van der Waals surface area contributed by atoms with Gasteiger partial charge in [0, 0.05) is 12.2 Å². The van der Waals surface area contributed by atoms with Gasteiger partial charge >= 0.3 is 6.18 Å². The average Bonchev–Trinajstić information content (AvgIpc) is 2.75. The van der Waals surface area contributed by atoms with Crippen LogP contribution in [0.4, 0.5) is 13.2 Å². The van der Waals surface area contributed by atoms with Crippen LogP contribution in [-0.2, 0) is 20.8 Å². The minimum absolute atomic E-state index is 0.0391. The molecule has 1 N–H and O–H groups in total. The SMILES string of the molecule is O=C(CSc1ncc(C(F)(F)F)cc1Cl)NC1CCS(=O)(=O)C1. The summed E-state index contributed by atoms with van der Waals surface area (Å²) in [7, 11) is -3.10. The van der Waals surface area contributed by atoms with Crippen LogP contribution in [0.2, 0.25) is 5.02 Å². The summed E-state index contributed by atoms with van der Waals surface area (Å²) in [5.41, 5.74) is -0.965. The van der Waals surface area contributed by atoms with Crippen LogP contribution in [-0.4, -0.2) is 42.6 Å². The van der Waals surface area contributed by atoms with E-state index in [2.05, 4.69) is 10.3 Å². The Hall–Kier alpha value is -1.00. The maximum absolute atomic E-state index is 12.5. The highest BCUT2D eigenvalue weighted by Crippen LogP contribution is 2.33. The van der Waals surface area contributed by atoms with Crippen molar-refractivity contribution in [1.82, 2.24) is 10.3 Å². The minimum Gasteiger partial charge on any atom is -0.352 e. The molecule has 1 aromatic rings. The van der Waals surface area contributed by atoms with E-state index in [0.717, 1.165) is 17.8 Å². The highest BCUT2D eigenvalue weighted by Gasteiger charge is 2.32. The van der Waals surface area contributed by atoms with Crippen molar-refractivity contribution in [2.24, 2.45) is 0 Å². The van der Waals surface area contributed by atoms with E-state index < -0.39 is 33.5 Å². The molecule has 1 aliphatic rings. The highest BCUT2D eigenvalue weighted by atomic mass is 35.5. The second kappa shape index (κ2) is 6.86. The number of halogens is 4. The number of thioether (sulfide) groups is 1. The molecule has 0 aliphatic carbocycles. The van der Waals surface area contributed by atoms with Gasteiger partial charge in [-0.15, -0.1) is 0 Å². The standard InChI is InChI=1S/C12H12ClF3N2O3S2/c13-9-3-7(12(14,15)16)4-17-11(9)22-5-10(19)18-8-1-2-23(20,21)6-8/h3-4,8H,1-2,5-6H2,(H,18,19). The largest absolute Gasteiger partial charge is 0.417 e. The fraction of sp³-hybridized carbons (Fsp3) is 0.500. The van der Waals surface area contributed by atoms with E-state index in [-0.39, 0.29) is 27.3 Å². The molecule has 1 amide bonds. The molecule has 0 radical (unpaired) electrons. The molecule has 2 heterocycles. The lowest BCUT2D eigenvalue weighted by Crippen LogP contribution is -2.36. The molecule has 0 saturated carbocycles. The van der Waals surface area contributed by atoms with Crippen molar-refractivity contribution in [2.75, 3.05) is 17.3 Å². The number of sulfone groups is 1. The van der Waals surface area contributed by atoms with Crippen LogP contribution in [0.1, 0.15) is 12.0 Å². The number of aromatic nitrogens is 1. The molecule has 1 unspecified atom stereocenters. The molecule has 0 bridgehead atoms. The fourth-order valence-electron chi connectivity index (χ4n) is 2.00. The zero-order valence-corrected chi connectivity index (χ0v) is 13.9. The lowest BCUT2D eigenvalue weighted by atomic mass is 10.3. The van der Waals surface area contributed by atoms with Crippen molar-refractivity contribution in [1.29, 1.82) is 0 Å². The molecule has 0 aromatic carbocycles. The Morgan fingerprint density at radius 1 is 1.48 bits per heavy atom. The number of alkyl halides is 3. The first-order valence-electron chi connectivity index (χ1n) is 6.42. The molecule has 1 fully saturated rings. The third kappa shape index (κ3) is 5.25. The maximum atomic E-state index is 12.5. The molecule has 1 saturated heterocycles. The topological polar surface area (TPSA) is 76.1 Å². The van der Waals surface area contributed by atoms with E-state index in [0.29, 0.717) is 12.6 Å².